The van der Waals surface area contributed by atoms with Crippen LogP contribution < -0.4 is 5.73 Å². The third-order valence-corrected chi connectivity index (χ3v) is 1.14. The molecule has 0 spiro atoms. The van der Waals surface area contributed by atoms with Crippen LogP contribution in [0, 0.1) is 0 Å². The Kier molecular flexibility index (Phi) is 2.56. The second-order valence-electron chi connectivity index (χ2n) is 1.04. The predicted molar refractivity (Wildman–Crippen MR) is 28.1 cm³/mol. The van der Waals surface area contributed by atoms with Crippen LogP contribution in [-0.4, -0.2) is 24.2 Å². The summed E-state index contributed by atoms with van der Waals surface area (Å²) in [7, 11) is -3.18. The van der Waals surface area contributed by atoms with Crippen LogP contribution in [0.15, 0.2) is 0 Å². The summed E-state index contributed by atoms with van der Waals surface area (Å²) in [5.41, 5.74) is 12.2. The van der Waals surface area contributed by atoms with Crippen LogP contribution in [0.1, 0.15) is 0 Å². The Morgan fingerprint density at radius 3 is 2.00 bits per heavy atom. The Labute approximate surface area is 51.8 Å². The molecule has 0 aromatic rings. The summed E-state index contributed by atoms with van der Waals surface area (Å²) in [5, 5.41) is -1.04. The van der Waals surface area contributed by atoms with Gasteiger partial charge in [-0.05, 0) is 0 Å². The lowest BCUT2D eigenvalue weighted by Gasteiger charge is -1.72. The molecule has 0 aliphatic rings. The van der Waals surface area contributed by atoms with Gasteiger partial charge in [0.25, 0.3) is 0 Å². The minimum Gasteiger partial charge on any atom is -0.360 e. The molecular formula is C2H3N3O3S. The first-order valence-electron chi connectivity index (χ1n) is 1.76. The van der Waals surface area contributed by atoms with E-state index in [9.17, 15) is 13.2 Å². The maximum Gasteiger partial charge on any atom is 0.466 e. The van der Waals surface area contributed by atoms with Gasteiger partial charge in [0, 0.05) is 0 Å². The largest absolute Gasteiger partial charge is 0.466 e. The first-order chi connectivity index (χ1) is 4.09. The van der Waals surface area contributed by atoms with Gasteiger partial charge in [-0.25, -0.2) is 8.42 Å². The van der Waals surface area contributed by atoms with Crippen molar-refractivity contribution < 1.29 is 18.0 Å². The summed E-state index contributed by atoms with van der Waals surface area (Å²) in [5.74, 6) is -1.27. The summed E-state index contributed by atoms with van der Waals surface area (Å²) >= 11 is 0. The van der Waals surface area contributed by atoms with Crippen molar-refractivity contribution in [2.45, 2.75) is 0 Å². The van der Waals surface area contributed by atoms with Crippen LogP contribution in [0.3, 0.4) is 0 Å². The monoisotopic (exact) mass is 149 g/mol. The topological polar surface area (TPSA) is 114 Å². The van der Waals surface area contributed by atoms with Crippen molar-refractivity contribution in [2.75, 3.05) is 0 Å². The van der Waals surface area contributed by atoms with Gasteiger partial charge in [0.05, 0.1) is 0 Å². The van der Waals surface area contributed by atoms with Crippen molar-refractivity contribution in [1.29, 1.82) is 0 Å². The zero-order valence-corrected chi connectivity index (χ0v) is 5.04. The second-order valence-corrected chi connectivity index (χ2v) is 1.98. The van der Waals surface area contributed by atoms with E-state index in [1.165, 1.54) is 0 Å². The van der Waals surface area contributed by atoms with Crippen molar-refractivity contribution >= 4 is 21.7 Å². The summed E-state index contributed by atoms with van der Waals surface area (Å²) in [6.07, 6.45) is 0. The zero-order chi connectivity index (χ0) is 7.44. The summed E-state index contributed by atoms with van der Waals surface area (Å²) in [4.78, 5) is 12.1. The number of nitrogens with zero attached hydrogens (tertiary/aromatic N) is 2. The zero-order valence-electron chi connectivity index (χ0n) is 4.14. The van der Waals surface area contributed by atoms with E-state index in [1.54, 1.807) is 0 Å². The van der Waals surface area contributed by atoms with Crippen LogP contribution in [-0.2, 0) is 15.5 Å². The molecule has 0 atom stereocenters. The van der Waals surface area contributed by atoms with E-state index < -0.39 is 21.7 Å². The lowest BCUT2D eigenvalue weighted by Crippen LogP contribution is -2.24. The van der Waals surface area contributed by atoms with Crippen molar-refractivity contribution in [3.05, 3.63) is 5.53 Å². The van der Waals surface area contributed by atoms with Crippen molar-refractivity contribution in [3.63, 3.8) is 0 Å². The molecular weight excluding hydrogens is 146 g/mol. The van der Waals surface area contributed by atoms with Gasteiger partial charge in [-0.2, -0.15) is 0 Å². The van der Waals surface area contributed by atoms with Gasteiger partial charge in [-0.15, -0.1) is 4.79 Å². The Hall–Kier alpha value is -1.20. The number of rotatable bonds is 0. The first kappa shape index (κ1) is 7.80. The highest BCUT2D eigenvalue weighted by molar-refractivity contribution is 7.91. The molecule has 0 bridgehead atoms. The van der Waals surface area contributed by atoms with E-state index in [1.807, 2.05) is 0 Å². The Balaban J connectivity index is 4.82. The molecule has 6 nitrogen and oxygen atoms in total. The quantitative estimate of drug-likeness (QED) is 0.133. The molecule has 0 aliphatic carbocycles. The summed E-state index contributed by atoms with van der Waals surface area (Å²) in [6.45, 7) is 0. The molecule has 1 amide bonds. The van der Waals surface area contributed by atoms with Crippen LogP contribution >= 0.6 is 0 Å². The standard InChI is InChI=1S/C2H3N3O3S/c3-1(6)2(5-4)9(7)8/h9H,(H2,3,6). The van der Waals surface area contributed by atoms with Gasteiger partial charge in [0.15, 0.2) is 0 Å². The SMILES string of the molecule is [N-]=[N+]=C(C(N)=O)[SH](=O)=O. The molecule has 0 heterocycles. The number of hydrogen-bond donors (Lipinski definition) is 2. The molecule has 0 rings (SSSR count). The summed E-state index contributed by atoms with van der Waals surface area (Å²) in [6, 6.07) is 0. The minimum absolute atomic E-state index is 1.04. The van der Waals surface area contributed by atoms with E-state index in [2.05, 4.69) is 10.5 Å². The number of thiol groups is 1. The van der Waals surface area contributed by atoms with E-state index >= 15 is 0 Å². The maximum atomic E-state index is 9.92. The lowest BCUT2D eigenvalue weighted by molar-refractivity contribution is -0.115. The number of carbonyl (C=O) groups is 1. The third-order valence-electron chi connectivity index (χ3n) is 0.488. The number of nitrogens with two attached hydrogens (primary N) is 1. The van der Waals surface area contributed by atoms with Gasteiger partial charge in [-0.1, -0.05) is 0 Å². The van der Waals surface area contributed by atoms with Crippen LogP contribution in [0.4, 0.5) is 0 Å². The van der Waals surface area contributed by atoms with Gasteiger partial charge in [-0.3, -0.25) is 4.79 Å². The lowest BCUT2D eigenvalue weighted by atomic mass is 10.7. The molecule has 0 aliphatic heterocycles. The van der Waals surface area contributed by atoms with Crippen LogP contribution in [0.5, 0.6) is 0 Å². The Morgan fingerprint density at radius 1 is 1.56 bits per heavy atom. The summed E-state index contributed by atoms with van der Waals surface area (Å²) < 4.78 is 19.6. The fourth-order valence-corrected chi connectivity index (χ4v) is 0.429. The molecule has 9 heavy (non-hydrogen) atoms. The second kappa shape index (κ2) is 2.95. The third kappa shape index (κ3) is 2.02. The molecule has 0 saturated carbocycles. The Morgan fingerprint density at radius 2 is 2.00 bits per heavy atom. The van der Waals surface area contributed by atoms with Gasteiger partial charge in [0.2, 0.25) is 10.7 Å². The van der Waals surface area contributed by atoms with Crippen molar-refractivity contribution in [3.8, 4) is 0 Å². The number of primary amides is 1. The van der Waals surface area contributed by atoms with E-state index in [-0.39, 0.29) is 0 Å². The first-order valence-corrected chi connectivity index (χ1v) is 2.93. The Bertz CT molecular complexity index is 240. The average Bonchev–Trinajstić information content (AvgIpc) is 1.64. The molecule has 0 fully saturated rings. The van der Waals surface area contributed by atoms with E-state index in [0.717, 1.165) is 0 Å². The van der Waals surface area contributed by atoms with Gasteiger partial charge >= 0.3 is 11.0 Å². The fourth-order valence-electron chi connectivity index (χ4n) is 0.176. The van der Waals surface area contributed by atoms with Crippen molar-refractivity contribution in [2.24, 2.45) is 5.73 Å². The fraction of sp³-hybridized carbons (Fsp3) is 0. The highest BCUT2D eigenvalue weighted by Crippen LogP contribution is 1.67. The minimum atomic E-state index is -3.18. The van der Waals surface area contributed by atoms with Gasteiger partial charge in [0.1, 0.15) is 0 Å². The highest BCUT2D eigenvalue weighted by atomic mass is 32.2. The average molecular weight is 149 g/mol. The van der Waals surface area contributed by atoms with Crippen molar-refractivity contribution in [1.82, 2.24) is 0 Å². The van der Waals surface area contributed by atoms with E-state index in [0.29, 0.717) is 0 Å². The number of amides is 1. The highest BCUT2D eigenvalue weighted by Gasteiger charge is 2.18. The molecule has 0 aromatic carbocycles. The molecule has 0 aromatic heterocycles. The normalized spacial score (nSPS) is 8.56. The molecule has 0 unspecified atom stereocenters. The van der Waals surface area contributed by atoms with Crippen LogP contribution in [0.25, 0.3) is 5.53 Å². The molecule has 0 saturated heterocycles. The van der Waals surface area contributed by atoms with E-state index in [4.69, 9.17) is 5.53 Å². The molecule has 2 N–H and O–H groups in total. The van der Waals surface area contributed by atoms with Gasteiger partial charge < -0.3 is 11.3 Å². The molecule has 0 radical (unpaired) electrons. The maximum absolute atomic E-state index is 9.92. The smallest absolute Gasteiger partial charge is 0.360 e. The molecule has 50 valence electrons. The molecule has 7 heteroatoms. The number of carbonyl (C=O) groups excluding carboxylic acids is 1. The number of hydrogen-bond acceptors (Lipinski definition) is 3. The van der Waals surface area contributed by atoms with Crippen LogP contribution in [0.2, 0.25) is 0 Å². The predicted octanol–water partition coefficient (Wildman–Crippen LogP) is -2.29.